The second-order valence-electron chi connectivity index (χ2n) is 7.38. The molecule has 0 radical (unpaired) electrons. The number of halogens is 1. The van der Waals surface area contributed by atoms with Crippen molar-refractivity contribution in [1.82, 2.24) is 10.2 Å². The smallest absolute Gasteiger partial charge is 0.243 e. The molecule has 0 aliphatic carbocycles. The Bertz CT molecular complexity index is 856. The van der Waals surface area contributed by atoms with Gasteiger partial charge in [0.1, 0.15) is 17.6 Å². The Kier molecular flexibility index (Phi) is 8.84. The summed E-state index contributed by atoms with van der Waals surface area (Å²) in [6, 6.07) is 13.0. The molecule has 0 bridgehead atoms. The molecule has 0 saturated heterocycles. The highest BCUT2D eigenvalue weighted by Gasteiger charge is 2.29. The van der Waals surface area contributed by atoms with Gasteiger partial charge in [-0.05, 0) is 49.1 Å². The van der Waals surface area contributed by atoms with Crippen LogP contribution in [0.2, 0.25) is 0 Å². The summed E-state index contributed by atoms with van der Waals surface area (Å²) in [5.41, 5.74) is 1.15. The Morgan fingerprint density at radius 3 is 2.47 bits per heavy atom. The van der Waals surface area contributed by atoms with Crippen LogP contribution in [0.25, 0.3) is 0 Å². The third-order valence-corrected chi connectivity index (χ3v) is 5.17. The number of benzene rings is 2. The van der Waals surface area contributed by atoms with Gasteiger partial charge in [0.15, 0.2) is 0 Å². The molecule has 2 atom stereocenters. The van der Waals surface area contributed by atoms with Crippen LogP contribution in [0.1, 0.15) is 44.7 Å². The minimum absolute atomic E-state index is 0.00638. The zero-order valence-corrected chi connectivity index (χ0v) is 18.2. The van der Waals surface area contributed by atoms with Crippen molar-refractivity contribution in [1.29, 1.82) is 0 Å². The second kappa shape index (κ2) is 11.3. The highest BCUT2D eigenvalue weighted by molar-refractivity contribution is 5.88. The summed E-state index contributed by atoms with van der Waals surface area (Å²) in [6.07, 6.45) is 1.14. The van der Waals surface area contributed by atoms with Gasteiger partial charge in [0.25, 0.3) is 0 Å². The molecule has 0 aliphatic rings. The van der Waals surface area contributed by atoms with E-state index in [1.54, 1.807) is 30.2 Å². The Morgan fingerprint density at radius 1 is 1.10 bits per heavy atom. The number of carbonyl (C=O) groups excluding carboxylic acids is 2. The number of ether oxygens (including phenoxy) is 1. The van der Waals surface area contributed by atoms with Crippen LogP contribution in [0.3, 0.4) is 0 Å². The van der Waals surface area contributed by atoms with E-state index >= 15 is 0 Å². The topological polar surface area (TPSA) is 58.6 Å². The molecular formula is C24H31FN2O3. The average molecular weight is 415 g/mol. The molecule has 0 saturated carbocycles. The predicted molar refractivity (Wildman–Crippen MR) is 116 cm³/mol. The quantitative estimate of drug-likeness (QED) is 0.637. The van der Waals surface area contributed by atoms with Crippen LogP contribution in [-0.2, 0) is 22.6 Å². The van der Waals surface area contributed by atoms with Gasteiger partial charge in [-0.25, -0.2) is 4.39 Å². The number of hydrogen-bond acceptors (Lipinski definition) is 3. The second-order valence-corrected chi connectivity index (χ2v) is 7.38. The van der Waals surface area contributed by atoms with E-state index in [0.29, 0.717) is 17.7 Å². The van der Waals surface area contributed by atoms with Gasteiger partial charge >= 0.3 is 0 Å². The van der Waals surface area contributed by atoms with E-state index in [4.69, 9.17) is 4.74 Å². The summed E-state index contributed by atoms with van der Waals surface area (Å²) >= 11 is 0. The molecule has 0 spiro atoms. The van der Waals surface area contributed by atoms with Gasteiger partial charge in [0.05, 0.1) is 13.5 Å². The zero-order chi connectivity index (χ0) is 22.1. The van der Waals surface area contributed by atoms with E-state index in [1.807, 2.05) is 45.0 Å². The van der Waals surface area contributed by atoms with Crippen molar-refractivity contribution in [2.75, 3.05) is 7.11 Å². The Morgan fingerprint density at radius 2 is 1.83 bits per heavy atom. The standard InChI is InChI=1S/C24H31FN2O3/c1-5-17(3)26-24(29)22(6-2)27(16-18-10-9-12-20(14-18)30-4)23(28)15-19-11-7-8-13-21(19)25/h7-14,17,22H,5-6,15-16H2,1-4H3,(H,26,29)/t17-,22-/m0/s1. The number of nitrogens with one attached hydrogen (secondary N) is 1. The number of methoxy groups -OCH3 is 1. The highest BCUT2D eigenvalue weighted by Crippen LogP contribution is 2.19. The zero-order valence-electron chi connectivity index (χ0n) is 18.2. The molecule has 1 N–H and O–H groups in total. The van der Waals surface area contributed by atoms with Gasteiger partial charge < -0.3 is 15.0 Å². The van der Waals surface area contributed by atoms with Gasteiger partial charge in [-0.3, -0.25) is 9.59 Å². The first-order valence-electron chi connectivity index (χ1n) is 10.4. The molecule has 30 heavy (non-hydrogen) atoms. The maximum absolute atomic E-state index is 14.1. The van der Waals surface area contributed by atoms with Gasteiger partial charge in [-0.2, -0.15) is 0 Å². The van der Waals surface area contributed by atoms with Crippen molar-refractivity contribution in [3.63, 3.8) is 0 Å². The third kappa shape index (κ3) is 6.31. The molecule has 2 amide bonds. The molecular weight excluding hydrogens is 383 g/mol. The number of carbonyl (C=O) groups is 2. The van der Waals surface area contributed by atoms with Gasteiger partial charge in [-0.15, -0.1) is 0 Å². The van der Waals surface area contributed by atoms with Crippen molar-refractivity contribution in [3.05, 3.63) is 65.5 Å². The molecule has 2 rings (SSSR count). The molecule has 0 aromatic heterocycles. The number of hydrogen-bond donors (Lipinski definition) is 1. The number of amides is 2. The molecule has 2 aromatic rings. The summed E-state index contributed by atoms with van der Waals surface area (Å²) in [6.45, 7) is 6.02. The van der Waals surface area contributed by atoms with Crippen LogP contribution in [0.5, 0.6) is 5.75 Å². The minimum atomic E-state index is -0.649. The first-order valence-corrected chi connectivity index (χ1v) is 10.4. The summed E-state index contributed by atoms with van der Waals surface area (Å²) in [7, 11) is 1.58. The van der Waals surface area contributed by atoms with E-state index in [-0.39, 0.29) is 30.8 Å². The molecule has 2 aromatic carbocycles. The van der Waals surface area contributed by atoms with E-state index < -0.39 is 11.9 Å². The van der Waals surface area contributed by atoms with Crippen molar-refractivity contribution < 1.29 is 18.7 Å². The Hall–Kier alpha value is -2.89. The Balaban J connectivity index is 2.33. The fraction of sp³-hybridized carbons (Fsp3) is 0.417. The molecule has 0 heterocycles. The van der Waals surface area contributed by atoms with Gasteiger partial charge in [-0.1, -0.05) is 44.2 Å². The monoisotopic (exact) mass is 414 g/mol. The molecule has 162 valence electrons. The maximum Gasteiger partial charge on any atom is 0.243 e. The number of nitrogens with zero attached hydrogens (tertiary/aromatic N) is 1. The normalized spacial score (nSPS) is 12.7. The van der Waals surface area contributed by atoms with Gasteiger partial charge in [0.2, 0.25) is 11.8 Å². The third-order valence-electron chi connectivity index (χ3n) is 5.17. The summed E-state index contributed by atoms with van der Waals surface area (Å²) in [5, 5.41) is 2.97. The van der Waals surface area contributed by atoms with Crippen molar-refractivity contribution in [2.45, 2.75) is 58.7 Å². The molecule has 5 nitrogen and oxygen atoms in total. The predicted octanol–water partition coefficient (Wildman–Crippen LogP) is 4.10. The lowest BCUT2D eigenvalue weighted by molar-refractivity contribution is -0.141. The van der Waals surface area contributed by atoms with Crippen LogP contribution in [0.4, 0.5) is 4.39 Å². The maximum atomic E-state index is 14.1. The van der Waals surface area contributed by atoms with Crippen LogP contribution in [0.15, 0.2) is 48.5 Å². The van der Waals surface area contributed by atoms with E-state index in [2.05, 4.69) is 5.32 Å². The summed E-state index contributed by atoms with van der Waals surface area (Å²) in [5.74, 6) is -0.249. The fourth-order valence-corrected chi connectivity index (χ4v) is 3.23. The van der Waals surface area contributed by atoms with E-state index in [1.165, 1.54) is 6.07 Å². The summed E-state index contributed by atoms with van der Waals surface area (Å²) < 4.78 is 19.4. The largest absolute Gasteiger partial charge is 0.497 e. The minimum Gasteiger partial charge on any atom is -0.497 e. The van der Waals surface area contributed by atoms with Crippen LogP contribution in [-0.4, -0.2) is 35.9 Å². The molecule has 0 aliphatic heterocycles. The first-order chi connectivity index (χ1) is 14.4. The van der Waals surface area contributed by atoms with E-state index in [0.717, 1.165) is 12.0 Å². The first kappa shape index (κ1) is 23.4. The Labute approximate surface area is 178 Å². The lowest BCUT2D eigenvalue weighted by atomic mass is 10.1. The average Bonchev–Trinajstić information content (AvgIpc) is 2.75. The summed E-state index contributed by atoms with van der Waals surface area (Å²) in [4.78, 5) is 27.7. The van der Waals surface area contributed by atoms with Crippen molar-refractivity contribution in [2.24, 2.45) is 0 Å². The lowest BCUT2D eigenvalue weighted by Crippen LogP contribution is -2.51. The van der Waals surface area contributed by atoms with Crippen molar-refractivity contribution >= 4 is 11.8 Å². The molecule has 0 fully saturated rings. The van der Waals surface area contributed by atoms with E-state index in [9.17, 15) is 14.0 Å². The van der Waals surface area contributed by atoms with Crippen LogP contribution in [0, 0.1) is 5.82 Å². The SMILES string of the molecule is CC[C@H](C)NC(=O)[C@H](CC)N(Cc1cccc(OC)c1)C(=O)Cc1ccccc1F. The molecule has 0 unspecified atom stereocenters. The van der Waals surface area contributed by atoms with Crippen LogP contribution < -0.4 is 10.1 Å². The van der Waals surface area contributed by atoms with Gasteiger partial charge in [0, 0.05) is 12.6 Å². The molecule has 6 heteroatoms. The van der Waals surface area contributed by atoms with Crippen LogP contribution >= 0.6 is 0 Å². The fourth-order valence-electron chi connectivity index (χ4n) is 3.23. The number of rotatable bonds is 10. The van der Waals surface area contributed by atoms with Crippen molar-refractivity contribution in [3.8, 4) is 5.75 Å². The highest BCUT2D eigenvalue weighted by atomic mass is 19.1. The lowest BCUT2D eigenvalue weighted by Gasteiger charge is -2.31.